The Morgan fingerprint density at radius 2 is 1.00 bits per heavy atom. The molecule has 1 aliphatic heterocycles. The first kappa shape index (κ1) is 33.8. The highest BCUT2D eigenvalue weighted by Gasteiger charge is 2.53. The predicted molar refractivity (Wildman–Crippen MR) is 147 cm³/mol. The molecule has 1 rings (SSSR count). The predicted octanol–water partition coefficient (Wildman–Crippen LogP) is 6.41. The molecule has 1 saturated heterocycles. The number of rotatable bonds is 24. The van der Waals surface area contributed by atoms with E-state index in [1.807, 2.05) is 0 Å². The minimum Gasteiger partial charge on any atom is -0.394 e. The van der Waals surface area contributed by atoms with E-state index in [0.717, 1.165) is 32.1 Å². The van der Waals surface area contributed by atoms with Crippen LogP contribution in [0.3, 0.4) is 0 Å². The fourth-order valence-electron chi connectivity index (χ4n) is 5.30. The molecule has 0 aromatic rings. The van der Waals surface area contributed by atoms with Gasteiger partial charge < -0.3 is 29.9 Å². The molecule has 0 aliphatic carbocycles. The Kier molecular flexibility index (Phi) is 20.3. The Labute approximate surface area is 222 Å². The minimum absolute atomic E-state index is 0.424. The fraction of sp³-hybridized carbons (Fsp3) is 1.00. The summed E-state index contributed by atoms with van der Waals surface area (Å²) in [7, 11) is 0. The second kappa shape index (κ2) is 21.7. The minimum atomic E-state index is -1.40. The van der Waals surface area contributed by atoms with Crippen molar-refractivity contribution in [3.05, 3.63) is 0 Å². The smallest absolute Gasteiger partial charge is 0.197 e. The van der Waals surface area contributed by atoms with E-state index in [9.17, 15) is 20.4 Å². The molecular weight excluding hydrogens is 456 g/mol. The van der Waals surface area contributed by atoms with Crippen molar-refractivity contribution in [1.82, 2.24) is 0 Å². The lowest BCUT2D eigenvalue weighted by Gasteiger charge is -2.48. The van der Waals surface area contributed by atoms with Gasteiger partial charge in [-0.25, -0.2) is 0 Å². The van der Waals surface area contributed by atoms with Crippen LogP contribution in [0.5, 0.6) is 0 Å². The molecule has 0 saturated carbocycles. The number of hydrogen-bond donors (Lipinski definition) is 4. The van der Waals surface area contributed by atoms with Crippen molar-refractivity contribution in [2.24, 2.45) is 0 Å². The van der Waals surface area contributed by atoms with Gasteiger partial charge in [0, 0.05) is 6.42 Å². The standard InChI is InChI=1S/C30H60O6/c1-3-5-7-9-11-13-15-17-19-21-23-30(29(34)28(33)27(32)26(25-31)36-30)35-24-22-20-18-16-14-12-10-8-6-4-2/h26-29,31-34H,3-25H2,1-2H3/t26-,27-,28+,29-,30?/m1/s1. The molecule has 0 bridgehead atoms. The third kappa shape index (κ3) is 13.5. The average Bonchev–Trinajstić information content (AvgIpc) is 2.89. The van der Waals surface area contributed by atoms with Crippen molar-refractivity contribution >= 4 is 0 Å². The Bertz CT molecular complexity index is 488. The highest BCUT2D eigenvalue weighted by molar-refractivity contribution is 4.97. The van der Waals surface area contributed by atoms with Crippen LogP contribution in [0, 0.1) is 0 Å². The van der Waals surface area contributed by atoms with Gasteiger partial charge in [-0.05, 0) is 12.8 Å². The topological polar surface area (TPSA) is 99.4 Å². The number of aliphatic hydroxyl groups excluding tert-OH is 4. The van der Waals surface area contributed by atoms with Gasteiger partial charge in [-0.3, -0.25) is 0 Å². The van der Waals surface area contributed by atoms with Gasteiger partial charge >= 0.3 is 0 Å². The van der Waals surface area contributed by atoms with Gasteiger partial charge in [0.1, 0.15) is 24.4 Å². The zero-order valence-electron chi connectivity index (χ0n) is 23.7. The van der Waals surface area contributed by atoms with Crippen LogP contribution in [0.4, 0.5) is 0 Å². The van der Waals surface area contributed by atoms with E-state index in [1.54, 1.807) is 0 Å². The van der Waals surface area contributed by atoms with Crippen molar-refractivity contribution in [1.29, 1.82) is 0 Å². The normalized spacial score (nSPS) is 26.5. The SMILES string of the molecule is CCCCCCCCCCCCOC1(CCCCCCCCCCCC)O[C@H](CO)[C@@H](O)[C@H](O)[C@H]1O. The molecule has 0 radical (unpaired) electrons. The number of hydrogen-bond acceptors (Lipinski definition) is 6. The largest absolute Gasteiger partial charge is 0.394 e. The Morgan fingerprint density at radius 1 is 0.583 bits per heavy atom. The van der Waals surface area contributed by atoms with E-state index < -0.39 is 36.8 Å². The maximum absolute atomic E-state index is 10.8. The molecule has 0 aromatic carbocycles. The van der Waals surface area contributed by atoms with Gasteiger partial charge in [0.25, 0.3) is 0 Å². The van der Waals surface area contributed by atoms with Gasteiger partial charge in [0.2, 0.25) is 0 Å². The summed E-state index contributed by atoms with van der Waals surface area (Å²) in [5.74, 6) is -1.37. The zero-order chi connectivity index (χ0) is 26.5. The lowest BCUT2D eigenvalue weighted by molar-refractivity contribution is -0.366. The van der Waals surface area contributed by atoms with Crippen molar-refractivity contribution < 1.29 is 29.9 Å². The first-order valence-electron chi connectivity index (χ1n) is 15.5. The Balaban J connectivity index is 2.38. The molecular formula is C30H60O6. The third-order valence-electron chi connectivity index (χ3n) is 7.76. The van der Waals surface area contributed by atoms with Crippen molar-refractivity contribution in [2.75, 3.05) is 13.2 Å². The van der Waals surface area contributed by atoms with Gasteiger partial charge in [0.05, 0.1) is 13.2 Å². The van der Waals surface area contributed by atoms with E-state index in [4.69, 9.17) is 9.47 Å². The van der Waals surface area contributed by atoms with Crippen molar-refractivity contribution in [2.45, 2.75) is 179 Å². The second-order valence-corrected chi connectivity index (χ2v) is 11.0. The van der Waals surface area contributed by atoms with E-state index in [-0.39, 0.29) is 0 Å². The molecule has 0 spiro atoms. The molecule has 0 aromatic heterocycles. The summed E-state index contributed by atoms with van der Waals surface area (Å²) in [6.07, 6.45) is 19.7. The molecule has 1 fully saturated rings. The van der Waals surface area contributed by atoms with E-state index in [0.29, 0.717) is 13.0 Å². The summed E-state index contributed by atoms with van der Waals surface area (Å²) in [5.41, 5.74) is 0. The molecule has 5 atom stereocenters. The molecule has 6 nitrogen and oxygen atoms in total. The van der Waals surface area contributed by atoms with Crippen LogP contribution in [0.15, 0.2) is 0 Å². The monoisotopic (exact) mass is 516 g/mol. The van der Waals surface area contributed by atoms with Crippen LogP contribution in [0.25, 0.3) is 0 Å². The van der Waals surface area contributed by atoms with E-state index >= 15 is 0 Å². The van der Waals surface area contributed by atoms with Crippen LogP contribution >= 0.6 is 0 Å². The Hall–Kier alpha value is -0.240. The summed E-state index contributed by atoms with van der Waals surface area (Å²) in [5, 5.41) is 41.2. The molecule has 1 heterocycles. The zero-order valence-corrected chi connectivity index (χ0v) is 23.7. The lowest BCUT2D eigenvalue weighted by Crippen LogP contribution is -2.66. The van der Waals surface area contributed by atoms with Gasteiger partial charge in [0.15, 0.2) is 5.79 Å². The summed E-state index contributed by atoms with van der Waals surface area (Å²) in [6.45, 7) is 4.50. The third-order valence-corrected chi connectivity index (χ3v) is 7.76. The number of ether oxygens (including phenoxy) is 2. The average molecular weight is 517 g/mol. The van der Waals surface area contributed by atoms with Crippen LogP contribution < -0.4 is 0 Å². The first-order valence-corrected chi connectivity index (χ1v) is 15.5. The van der Waals surface area contributed by atoms with Crippen molar-refractivity contribution in [3.8, 4) is 0 Å². The first-order chi connectivity index (χ1) is 17.5. The molecule has 1 aliphatic rings. The maximum atomic E-state index is 10.8. The summed E-state index contributed by atoms with van der Waals surface area (Å²) >= 11 is 0. The van der Waals surface area contributed by atoms with E-state index in [2.05, 4.69) is 13.8 Å². The molecule has 6 heteroatoms. The molecule has 36 heavy (non-hydrogen) atoms. The quantitative estimate of drug-likeness (QED) is 0.111. The maximum Gasteiger partial charge on any atom is 0.197 e. The summed E-state index contributed by atoms with van der Waals surface area (Å²) < 4.78 is 12.1. The van der Waals surface area contributed by atoms with Gasteiger partial charge in [-0.1, -0.05) is 129 Å². The highest BCUT2D eigenvalue weighted by Crippen LogP contribution is 2.36. The molecule has 0 amide bonds. The van der Waals surface area contributed by atoms with E-state index in [1.165, 1.54) is 96.3 Å². The highest BCUT2D eigenvalue weighted by atomic mass is 16.7. The van der Waals surface area contributed by atoms with Gasteiger partial charge in [-0.2, -0.15) is 0 Å². The van der Waals surface area contributed by atoms with Crippen LogP contribution in [0.1, 0.15) is 149 Å². The number of unbranched alkanes of at least 4 members (excludes halogenated alkanes) is 18. The fourth-order valence-corrected chi connectivity index (χ4v) is 5.30. The summed E-state index contributed by atoms with van der Waals surface area (Å²) in [4.78, 5) is 0. The second-order valence-electron chi connectivity index (χ2n) is 11.0. The number of aliphatic hydroxyl groups is 4. The lowest BCUT2D eigenvalue weighted by atomic mass is 9.89. The summed E-state index contributed by atoms with van der Waals surface area (Å²) in [6, 6.07) is 0. The van der Waals surface area contributed by atoms with Crippen molar-refractivity contribution in [3.63, 3.8) is 0 Å². The molecule has 216 valence electrons. The molecule has 4 N–H and O–H groups in total. The van der Waals surface area contributed by atoms with Crippen LogP contribution in [0.2, 0.25) is 0 Å². The van der Waals surface area contributed by atoms with Gasteiger partial charge in [-0.15, -0.1) is 0 Å². The molecule has 1 unspecified atom stereocenters. The van der Waals surface area contributed by atoms with Crippen LogP contribution in [-0.2, 0) is 9.47 Å². The van der Waals surface area contributed by atoms with Crippen LogP contribution in [-0.4, -0.2) is 63.8 Å². The Morgan fingerprint density at radius 3 is 1.44 bits per heavy atom.